The Labute approximate surface area is 161 Å². The fraction of sp³-hybridized carbons (Fsp3) is 0.250. The number of anilines is 2. The number of nitrogens with one attached hydrogen (secondary N) is 2. The van der Waals surface area contributed by atoms with Gasteiger partial charge in [-0.25, -0.2) is 0 Å². The van der Waals surface area contributed by atoms with E-state index in [2.05, 4.69) is 10.6 Å². The molecule has 2 aliphatic rings. The lowest BCUT2D eigenvalue weighted by Crippen LogP contribution is -2.37. The second kappa shape index (κ2) is 7.59. The number of ether oxygens (including phenoxy) is 2. The summed E-state index contributed by atoms with van der Waals surface area (Å²) < 4.78 is 10.5. The van der Waals surface area contributed by atoms with Crippen LogP contribution in [-0.4, -0.2) is 37.6 Å². The fourth-order valence-corrected chi connectivity index (χ4v) is 3.23. The number of amides is 3. The summed E-state index contributed by atoms with van der Waals surface area (Å²) in [6.45, 7) is 0.282. The Morgan fingerprint density at radius 1 is 1.07 bits per heavy atom. The van der Waals surface area contributed by atoms with E-state index < -0.39 is 5.92 Å². The number of hydrogen-bond acceptors (Lipinski definition) is 5. The minimum Gasteiger partial charge on any atom is -0.454 e. The lowest BCUT2D eigenvalue weighted by molar-refractivity contribution is -0.127. The van der Waals surface area contributed by atoms with Crippen LogP contribution in [0, 0.1) is 5.92 Å². The van der Waals surface area contributed by atoms with Crippen LogP contribution in [0.15, 0.2) is 48.5 Å². The van der Waals surface area contributed by atoms with Gasteiger partial charge in [-0.3, -0.25) is 14.4 Å². The Kier molecular flexibility index (Phi) is 4.84. The molecule has 0 spiro atoms. The molecular weight excluding hydrogens is 362 g/mol. The summed E-state index contributed by atoms with van der Waals surface area (Å²) in [5.41, 5.74) is 1.32. The molecule has 8 nitrogen and oxygen atoms in total. The third kappa shape index (κ3) is 3.75. The number of carbonyl (C=O) groups is 3. The molecule has 0 bridgehead atoms. The highest BCUT2D eigenvalue weighted by Gasteiger charge is 2.35. The van der Waals surface area contributed by atoms with Crippen LogP contribution in [0.3, 0.4) is 0 Å². The summed E-state index contributed by atoms with van der Waals surface area (Å²) in [4.78, 5) is 38.3. The Bertz CT molecular complexity index is 915. The van der Waals surface area contributed by atoms with Crippen LogP contribution in [0.25, 0.3) is 0 Å². The molecule has 1 fully saturated rings. The van der Waals surface area contributed by atoms with Crippen molar-refractivity contribution in [2.45, 2.75) is 6.42 Å². The minimum absolute atomic E-state index is 0.101. The number of fused-ring (bicyclic) bond motifs is 1. The standard InChI is InChI=1S/C20H19N3O5/c24-18(22-14-6-7-16-17(9-14)28-12-27-16)10-21-20(26)13-8-19(25)23(11-13)15-4-2-1-3-5-15/h1-7,9,13H,8,10-12H2,(H,21,26)(H,22,24)/t13-/m1/s1. The molecule has 4 rings (SSSR count). The van der Waals surface area contributed by atoms with Crippen LogP contribution in [0.5, 0.6) is 11.5 Å². The van der Waals surface area contributed by atoms with Crippen molar-refractivity contribution in [3.05, 3.63) is 48.5 Å². The maximum absolute atomic E-state index is 12.4. The highest BCUT2D eigenvalue weighted by atomic mass is 16.7. The van der Waals surface area contributed by atoms with Gasteiger partial charge in [0.25, 0.3) is 0 Å². The molecule has 0 radical (unpaired) electrons. The van der Waals surface area contributed by atoms with E-state index in [-0.39, 0.29) is 37.5 Å². The van der Waals surface area contributed by atoms with Crippen molar-refractivity contribution in [1.29, 1.82) is 0 Å². The first-order valence-electron chi connectivity index (χ1n) is 8.93. The Hall–Kier alpha value is -3.55. The van der Waals surface area contributed by atoms with Gasteiger partial charge in [0.05, 0.1) is 12.5 Å². The SMILES string of the molecule is O=C(CNC(=O)[C@@H]1CC(=O)N(c2ccccc2)C1)Nc1ccc2c(c1)OCO2. The van der Waals surface area contributed by atoms with Gasteiger partial charge in [0.15, 0.2) is 11.5 Å². The second-order valence-corrected chi connectivity index (χ2v) is 6.57. The lowest BCUT2D eigenvalue weighted by Gasteiger charge is -2.16. The van der Waals surface area contributed by atoms with Crippen molar-refractivity contribution in [3.8, 4) is 11.5 Å². The van der Waals surface area contributed by atoms with Crippen molar-refractivity contribution in [1.82, 2.24) is 5.32 Å². The minimum atomic E-state index is -0.481. The number of benzene rings is 2. The molecule has 2 N–H and O–H groups in total. The van der Waals surface area contributed by atoms with Gasteiger partial charge in [0.2, 0.25) is 24.5 Å². The van der Waals surface area contributed by atoms with E-state index in [9.17, 15) is 14.4 Å². The van der Waals surface area contributed by atoms with Gasteiger partial charge < -0.3 is 25.0 Å². The molecule has 0 aliphatic carbocycles. The smallest absolute Gasteiger partial charge is 0.243 e. The highest BCUT2D eigenvalue weighted by molar-refractivity contribution is 6.01. The second-order valence-electron chi connectivity index (χ2n) is 6.57. The first-order chi connectivity index (χ1) is 13.6. The molecule has 2 aromatic rings. The molecular formula is C20H19N3O5. The third-order valence-corrected chi connectivity index (χ3v) is 4.64. The Balaban J connectivity index is 1.28. The van der Waals surface area contributed by atoms with E-state index in [1.807, 2.05) is 30.3 Å². The normalized spacial score (nSPS) is 17.5. The summed E-state index contributed by atoms with van der Waals surface area (Å²) in [6, 6.07) is 14.3. The van der Waals surface area contributed by atoms with Crippen molar-refractivity contribution < 1.29 is 23.9 Å². The summed E-state index contributed by atoms with van der Waals surface area (Å²) in [5.74, 6) is -0.0706. The van der Waals surface area contributed by atoms with Crippen LogP contribution < -0.4 is 25.0 Å². The number of hydrogen-bond donors (Lipinski definition) is 2. The van der Waals surface area contributed by atoms with Crippen molar-refractivity contribution >= 4 is 29.1 Å². The number of carbonyl (C=O) groups excluding carboxylic acids is 3. The monoisotopic (exact) mass is 381 g/mol. The van der Waals surface area contributed by atoms with Crippen molar-refractivity contribution in [3.63, 3.8) is 0 Å². The van der Waals surface area contributed by atoms with Crippen LogP contribution in [0.2, 0.25) is 0 Å². The van der Waals surface area contributed by atoms with Gasteiger partial charge in [0, 0.05) is 30.4 Å². The van der Waals surface area contributed by atoms with Crippen molar-refractivity contribution in [2.75, 3.05) is 30.1 Å². The fourth-order valence-electron chi connectivity index (χ4n) is 3.23. The maximum atomic E-state index is 12.4. The van der Waals surface area contributed by atoms with E-state index in [0.717, 1.165) is 5.69 Å². The first kappa shape index (κ1) is 17.8. The van der Waals surface area contributed by atoms with Gasteiger partial charge in [-0.05, 0) is 24.3 Å². The predicted molar refractivity (Wildman–Crippen MR) is 101 cm³/mol. The zero-order valence-electron chi connectivity index (χ0n) is 15.0. The molecule has 144 valence electrons. The Morgan fingerprint density at radius 2 is 1.86 bits per heavy atom. The number of rotatable bonds is 5. The van der Waals surface area contributed by atoms with Crippen LogP contribution in [0.4, 0.5) is 11.4 Å². The molecule has 3 amide bonds. The van der Waals surface area contributed by atoms with Gasteiger partial charge >= 0.3 is 0 Å². The zero-order chi connectivity index (χ0) is 19.5. The maximum Gasteiger partial charge on any atom is 0.243 e. The van der Waals surface area contributed by atoms with E-state index >= 15 is 0 Å². The van der Waals surface area contributed by atoms with E-state index in [0.29, 0.717) is 23.7 Å². The van der Waals surface area contributed by atoms with Crippen LogP contribution >= 0.6 is 0 Å². The molecule has 28 heavy (non-hydrogen) atoms. The quantitative estimate of drug-likeness (QED) is 0.819. The molecule has 8 heteroatoms. The summed E-state index contributed by atoms with van der Waals surface area (Å²) in [7, 11) is 0. The van der Waals surface area contributed by atoms with Gasteiger partial charge in [-0.1, -0.05) is 18.2 Å². The molecule has 0 unspecified atom stereocenters. The zero-order valence-corrected chi connectivity index (χ0v) is 15.0. The Morgan fingerprint density at radius 3 is 2.68 bits per heavy atom. The summed E-state index contributed by atoms with van der Waals surface area (Å²) in [5, 5.41) is 5.30. The first-order valence-corrected chi connectivity index (χ1v) is 8.93. The average Bonchev–Trinajstić information content (AvgIpc) is 3.33. The summed E-state index contributed by atoms with van der Waals surface area (Å²) in [6.07, 6.45) is 0.129. The molecule has 0 saturated carbocycles. The van der Waals surface area contributed by atoms with Gasteiger partial charge in [-0.15, -0.1) is 0 Å². The molecule has 2 aliphatic heterocycles. The topological polar surface area (TPSA) is 97.0 Å². The average molecular weight is 381 g/mol. The molecule has 2 heterocycles. The molecule has 2 aromatic carbocycles. The number of nitrogens with zero attached hydrogens (tertiary/aromatic N) is 1. The largest absolute Gasteiger partial charge is 0.454 e. The van der Waals surface area contributed by atoms with E-state index in [1.54, 1.807) is 23.1 Å². The van der Waals surface area contributed by atoms with Crippen LogP contribution in [-0.2, 0) is 14.4 Å². The highest BCUT2D eigenvalue weighted by Crippen LogP contribution is 2.34. The molecule has 1 atom stereocenters. The summed E-state index contributed by atoms with van der Waals surface area (Å²) >= 11 is 0. The predicted octanol–water partition coefficient (Wildman–Crippen LogP) is 1.52. The lowest BCUT2D eigenvalue weighted by atomic mass is 10.1. The van der Waals surface area contributed by atoms with E-state index in [1.165, 1.54) is 0 Å². The molecule has 0 aromatic heterocycles. The third-order valence-electron chi connectivity index (χ3n) is 4.64. The molecule has 1 saturated heterocycles. The van der Waals surface area contributed by atoms with Crippen molar-refractivity contribution in [2.24, 2.45) is 5.92 Å². The van der Waals surface area contributed by atoms with E-state index in [4.69, 9.17) is 9.47 Å². The number of para-hydroxylation sites is 1. The van der Waals surface area contributed by atoms with Crippen LogP contribution in [0.1, 0.15) is 6.42 Å². The van der Waals surface area contributed by atoms with Gasteiger partial charge in [0.1, 0.15) is 0 Å². The van der Waals surface area contributed by atoms with Gasteiger partial charge in [-0.2, -0.15) is 0 Å².